The molecule has 1 amide bonds. The highest BCUT2D eigenvalue weighted by Crippen LogP contribution is 2.18. The molecule has 0 fully saturated rings. The van der Waals surface area contributed by atoms with Crippen molar-refractivity contribution in [3.8, 4) is 0 Å². The second-order valence-electron chi connectivity index (χ2n) is 3.92. The Morgan fingerprint density at radius 1 is 1.50 bits per heavy atom. The second kappa shape index (κ2) is 6.10. The van der Waals surface area contributed by atoms with E-state index in [1.54, 1.807) is 0 Å². The van der Waals surface area contributed by atoms with Gasteiger partial charge in [-0.2, -0.15) is 0 Å². The summed E-state index contributed by atoms with van der Waals surface area (Å²) in [6.07, 6.45) is 6.98. The number of amides is 1. The fourth-order valence-electron chi connectivity index (χ4n) is 1.64. The normalized spacial score (nSPS) is 19.4. The molecule has 1 rings (SSSR count). The molecule has 88 valence electrons. The van der Waals surface area contributed by atoms with Crippen molar-refractivity contribution in [2.75, 3.05) is 6.54 Å². The van der Waals surface area contributed by atoms with Crippen LogP contribution in [0.1, 0.15) is 26.2 Å². The van der Waals surface area contributed by atoms with Gasteiger partial charge in [-0.15, -0.1) is 0 Å². The van der Waals surface area contributed by atoms with Crippen molar-refractivity contribution in [2.45, 2.75) is 26.2 Å². The minimum absolute atomic E-state index is 0.0165. The molecule has 1 aliphatic carbocycles. The molecule has 0 saturated heterocycles. The maximum atomic E-state index is 11.7. The summed E-state index contributed by atoms with van der Waals surface area (Å²) in [5.74, 6) is 0.172. The lowest BCUT2D eigenvalue weighted by molar-refractivity contribution is -0.117. The van der Waals surface area contributed by atoms with Crippen molar-refractivity contribution < 1.29 is 14.7 Å². The van der Waals surface area contributed by atoms with E-state index in [1.807, 2.05) is 25.2 Å². The Morgan fingerprint density at radius 2 is 2.25 bits per heavy atom. The number of hydrogen-bond acceptors (Lipinski definition) is 2. The minimum atomic E-state index is -0.996. The zero-order chi connectivity index (χ0) is 12.0. The van der Waals surface area contributed by atoms with Crippen molar-refractivity contribution >= 4 is 11.9 Å². The molecule has 0 aromatic heterocycles. The number of carboxylic acid groups (broad SMARTS) is 1. The third-order valence-electron chi connectivity index (χ3n) is 2.58. The summed E-state index contributed by atoms with van der Waals surface area (Å²) in [4.78, 5) is 21.8. The monoisotopic (exact) mass is 223 g/mol. The van der Waals surface area contributed by atoms with Gasteiger partial charge in [0.2, 0.25) is 0 Å². The third kappa shape index (κ3) is 3.88. The number of unbranched alkanes of at least 4 members (excludes halogenated alkanes) is 1. The first-order chi connectivity index (χ1) is 7.61. The molecule has 0 saturated carbocycles. The van der Waals surface area contributed by atoms with Crippen LogP contribution < -0.4 is 5.32 Å². The average Bonchev–Trinajstić information content (AvgIpc) is 2.23. The van der Waals surface area contributed by atoms with Crippen LogP contribution in [0.4, 0.5) is 4.79 Å². The van der Waals surface area contributed by atoms with Gasteiger partial charge in [-0.3, -0.25) is 4.79 Å². The maximum absolute atomic E-state index is 11.7. The van der Waals surface area contributed by atoms with Crippen LogP contribution in [0.15, 0.2) is 23.8 Å². The molecule has 0 heterocycles. The number of nitrogens with one attached hydrogen (secondary N) is 1. The lowest BCUT2D eigenvalue weighted by Crippen LogP contribution is -2.22. The highest BCUT2D eigenvalue weighted by molar-refractivity contribution is 5.99. The average molecular weight is 223 g/mol. The van der Waals surface area contributed by atoms with Gasteiger partial charge in [0.25, 0.3) is 0 Å². The number of hydrogen-bond donors (Lipinski definition) is 2. The first kappa shape index (κ1) is 12.5. The molecular formula is C12H17NO3. The molecular weight excluding hydrogens is 206 g/mol. The Kier molecular flexibility index (Phi) is 4.76. The summed E-state index contributed by atoms with van der Waals surface area (Å²) in [5, 5.41) is 10.7. The summed E-state index contributed by atoms with van der Waals surface area (Å²) >= 11 is 0. The van der Waals surface area contributed by atoms with Crippen molar-refractivity contribution in [3.63, 3.8) is 0 Å². The van der Waals surface area contributed by atoms with Gasteiger partial charge in [-0.05, 0) is 24.8 Å². The predicted molar refractivity (Wildman–Crippen MR) is 61.3 cm³/mol. The molecule has 0 bridgehead atoms. The molecule has 16 heavy (non-hydrogen) atoms. The predicted octanol–water partition coefficient (Wildman–Crippen LogP) is 2.13. The zero-order valence-electron chi connectivity index (χ0n) is 9.40. The summed E-state index contributed by atoms with van der Waals surface area (Å²) in [7, 11) is 0. The van der Waals surface area contributed by atoms with E-state index in [2.05, 4.69) is 5.32 Å². The van der Waals surface area contributed by atoms with Gasteiger partial charge in [0.05, 0.1) is 0 Å². The fourth-order valence-corrected chi connectivity index (χ4v) is 1.64. The number of carbonyl (C=O) groups excluding carboxylic acids is 1. The molecule has 4 nitrogen and oxygen atoms in total. The quantitative estimate of drug-likeness (QED) is 0.701. The highest BCUT2D eigenvalue weighted by atomic mass is 16.4. The van der Waals surface area contributed by atoms with Crippen LogP contribution in [-0.2, 0) is 4.79 Å². The Morgan fingerprint density at radius 3 is 2.94 bits per heavy atom. The van der Waals surface area contributed by atoms with E-state index in [0.717, 1.165) is 24.8 Å². The topological polar surface area (TPSA) is 66.4 Å². The van der Waals surface area contributed by atoms with E-state index in [-0.39, 0.29) is 11.7 Å². The van der Waals surface area contributed by atoms with Crippen LogP contribution in [0.25, 0.3) is 0 Å². The molecule has 0 spiro atoms. The summed E-state index contributed by atoms with van der Waals surface area (Å²) in [5.41, 5.74) is 0.852. The van der Waals surface area contributed by atoms with Gasteiger partial charge in [0, 0.05) is 12.5 Å². The Bertz CT molecular complexity index is 331. The lowest BCUT2D eigenvalue weighted by Gasteiger charge is -2.13. The van der Waals surface area contributed by atoms with Crippen LogP contribution in [0.2, 0.25) is 0 Å². The largest absolute Gasteiger partial charge is 0.465 e. The first-order valence-corrected chi connectivity index (χ1v) is 5.49. The Balaban J connectivity index is 2.23. The van der Waals surface area contributed by atoms with Gasteiger partial charge in [0.1, 0.15) is 0 Å². The zero-order valence-corrected chi connectivity index (χ0v) is 9.40. The summed E-state index contributed by atoms with van der Waals surface area (Å²) < 4.78 is 0. The van der Waals surface area contributed by atoms with Gasteiger partial charge in [-0.1, -0.05) is 25.2 Å². The van der Waals surface area contributed by atoms with Crippen molar-refractivity contribution in [3.05, 3.63) is 23.8 Å². The van der Waals surface area contributed by atoms with Crippen molar-refractivity contribution in [2.24, 2.45) is 5.92 Å². The van der Waals surface area contributed by atoms with E-state index in [4.69, 9.17) is 5.11 Å². The Hall–Kier alpha value is -1.58. The molecule has 1 aliphatic rings. The molecule has 1 unspecified atom stereocenters. The Labute approximate surface area is 95.0 Å². The molecule has 0 aliphatic heterocycles. The van der Waals surface area contributed by atoms with Crippen LogP contribution in [0.5, 0.6) is 0 Å². The second-order valence-corrected chi connectivity index (χ2v) is 3.92. The maximum Gasteiger partial charge on any atom is 0.404 e. The smallest absolute Gasteiger partial charge is 0.404 e. The van der Waals surface area contributed by atoms with E-state index in [0.29, 0.717) is 6.54 Å². The van der Waals surface area contributed by atoms with Gasteiger partial charge in [0.15, 0.2) is 5.78 Å². The van der Waals surface area contributed by atoms with Crippen LogP contribution in [0.3, 0.4) is 0 Å². The van der Waals surface area contributed by atoms with Crippen molar-refractivity contribution in [1.82, 2.24) is 5.32 Å². The molecule has 4 heteroatoms. The van der Waals surface area contributed by atoms with Gasteiger partial charge >= 0.3 is 6.09 Å². The number of allylic oxidation sites excluding steroid dienone is 4. The number of rotatable bonds is 5. The highest BCUT2D eigenvalue weighted by Gasteiger charge is 2.16. The number of ketones is 1. The summed E-state index contributed by atoms with van der Waals surface area (Å²) in [6, 6.07) is 0. The van der Waals surface area contributed by atoms with Gasteiger partial charge < -0.3 is 10.4 Å². The molecule has 0 aromatic rings. The van der Waals surface area contributed by atoms with Crippen LogP contribution in [-0.4, -0.2) is 23.5 Å². The van der Waals surface area contributed by atoms with E-state index in [9.17, 15) is 9.59 Å². The summed E-state index contributed by atoms with van der Waals surface area (Å²) in [6.45, 7) is 2.33. The molecule has 0 radical (unpaired) electrons. The van der Waals surface area contributed by atoms with Crippen LogP contribution in [0, 0.1) is 5.92 Å². The first-order valence-electron chi connectivity index (χ1n) is 5.49. The standard InChI is InChI=1S/C12H17NO3/c1-9-5-4-7-10(11(9)14)6-2-3-8-13-12(15)16/h4-5,7,9,13H,2-3,6,8H2,1H3,(H,15,16). The van der Waals surface area contributed by atoms with E-state index < -0.39 is 6.09 Å². The van der Waals surface area contributed by atoms with Crippen LogP contribution >= 0.6 is 0 Å². The number of carbonyl (C=O) groups is 2. The molecule has 1 atom stereocenters. The van der Waals surface area contributed by atoms with E-state index in [1.165, 1.54) is 0 Å². The van der Waals surface area contributed by atoms with Gasteiger partial charge in [-0.25, -0.2) is 4.79 Å². The lowest BCUT2D eigenvalue weighted by atomic mass is 9.91. The minimum Gasteiger partial charge on any atom is -0.465 e. The fraction of sp³-hybridized carbons (Fsp3) is 0.500. The molecule has 2 N–H and O–H groups in total. The SMILES string of the molecule is CC1C=CC=C(CCCCNC(=O)O)C1=O. The van der Waals surface area contributed by atoms with E-state index >= 15 is 0 Å². The number of Topliss-reactive ketones (excluding diaryl/α,β-unsaturated/α-hetero) is 1. The third-order valence-corrected chi connectivity index (χ3v) is 2.58. The molecule has 0 aromatic carbocycles. The van der Waals surface area contributed by atoms with Crippen molar-refractivity contribution in [1.29, 1.82) is 0 Å².